The Bertz CT molecular complexity index is 1360. The molecule has 13 nitrogen and oxygen atoms in total. The van der Waals surface area contributed by atoms with Gasteiger partial charge in [0.15, 0.2) is 12.1 Å². The van der Waals surface area contributed by atoms with E-state index in [1.807, 2.05) is 66.7 Å². The topological polar surface area (TPSA) is 183 Å². The average Bonchev–Trinajstić information content (AvgIpc) is 3.13. The van der Waals surface area contributed by atoms with Crippen molar-refractivity contribution in [2.45, 2.75) is 155 Å². The molecule has 0 radical (unpaired) electrons. The molecule has 17 atom stereocenters. The van der Waals surface area contributed by atoms with Gasteiger partial charge in [-0.05, 0) is 45.1 Å². The third kappa shape index (κ3) is 11.5. The third-order valence-corrected chi connectivity index (χ3v) is 11.8. The van der Waals surface area contributed by atoms with Crippen molar-refractivity contribution in [3.8, 4) is 0 Å². The van der Waals surface area contributed by atoms with Crippen molar-refractivity contribution in [1.29, 1.82) is 0 Å². The molecule has 3 aliphatic rings. The monoisotopic (exact) mass is 782 g/mol. The van der Waals surface area contributed by atoms with Crippen LogP contribution >= 0.6 is 0 Å². The van der Waals surface area contributed by atoms with Crippen LogP contribution in [0.2, 0.25) is 0 Å². The summed E-state index contributed by atoms with van der Waals surface area (Å²) in [7, 11) is 4.25. The summed E-state index contributed by atoms with van der Waals surface area (Å²) in [4.78, 5) is 13.8. The van der Waals surface area contributed by atoms with Gasteiger partial charge in [0.2, 0.25) is 5.76 Å². The number of carbonyl (C=O) groups excluding carboxylic acids is 1. The van der Waals surface area contributed by atoms with Crippen LogP contribution in [0.3, 0.4) is 0 Å². The molecule has 0 saturated carbocycles. The molecule has 3 rings (SSSR count). The highest BCUT2D eigenvalue weighted by Crippen LogP contribution is 2.43. The second kappa shape index (κ2) is 20.5. The largest absolute Gasteiger partial charge is 0.490 e. The minimum absolute atomic E-state index is 0.0363. The molecule has 316 valence electrons. The van der Waals surface area contributed by atoms with Crippen molar-refractivity contribution in [2.75, 3.05) is 21.3 Å². The Morgan fingerprint density at radius 3 is 2.16 bits per heavy atom. The van der Waals surface area contributed by atoms with E-state index in [0.29, 0.717) is 12.0 Å². The molecule has 0 aromatic heterocycles. The van der Waals surface area contributed by atoms with Gasteiger partial charge in [0, 0.05) is 44.3 Å². The Morgan fingerprint density at radius 2 is 1.58 bits per heavy atom. The Kier molecular flexibility index (Phi) is 17.6. The summed E-state index contributed by atoms with van der Waals surface area (Å²) in [5, 5.41) is 56.6. The van der Waals surface area contributed by atoms with Crippen molar-refractivity contribution in [2.24, 2.45) is 35.5 Å². The quantitative estimate of drug-likeness (QED) is 0.199. The summed E-state index contributed by atoms with van der Waals surface area (Å²) in [5.74, 6) is -5.08. The molecule has 2 saturated heterocycles. The van der Waals surface area contributed by atoms with E-state index in [0.717, 1.165) is 5.57 Å². The summed E-state index contributed by atoms with van der Waals surface area (Å²) in [6.45, 7) is 18.6. The third-order valence-electron chi connectivity index (χ3n) is 11.8. The molecule has 0 spiro atoms. The Balaban J connectivity index is 2.00. The summed E-state index contributed by atoms with van der Waals surface area (Å²) >= 11 is 0. The molecule has 0 aliphatic carbocycles. The number of ether oxygens (including phenoxy) is 7. The SMILES string of the molecule is COC1=CC(C)=CC(C)C(O)C(C)CC(C)=CC=CC(OC)C(C(C)C(O)C(C)C2(O)CC(OC3OC(C)C(O)C(O)C3OC)C(C)C(C(C)C)O2)OC1=O. The highest BCUT2D eigenvalue weighted by molar-refractivity contribution is 5.87. The minimum atomic E-state index is -1.92. The molecule has 55 heavy (non-hydrogen) atoms. The standard InChI is InChI=1S/C42H70O13/c1-21(2)37-26(7)32(53-41-39(51-13)36(46)35(45)29(10)52-41)20-42(48,55-37)28(9)34(44)27(8)38-30(49-11)16-14-15-22(3)17-24(5)33(43)25(6)18-23(4)19-31(50-12)40(47)54-38/h14-16,18-19,21,24-30,32-39,41,43-46,48H,17,20H2,1-13H3. The lowest BCUT2D eigenvalue weighted by atomic mass is 9.76. The van der Waals surface area contributed by atoms with Crippen molar-refractivity contribution in [3.05, 3.63) is 47.3 Å². The van der Waals surface area contributed by atoms with Gasteiger partial charge < -0.3 is 58.7 Å². The predicted molar refractivity (Wildman–Crippen MR) is 206 cm³/mol. The molecule has 17 unspecified atom stereocenters. The van der Waals surface area contributed by atoms with E-state index in [1.54, 1.807) is 32.9 Å². The number of carbonyl (C=O) groups is 1. The van der Waals surface area contributed by atoms with E-state index >= 15 is 0 Å². The van der Waals surface area contributed by atoms with Crippen LogP contribution in [0, 0.1) is 35.5 Å². The Hall–Kier alpha value is -2.17. The molecule has 2 fully saturated rings. The van der Waals surface area contributed by atoms with Crippen LogP contribution in [-0.2, 0) is 38.0 Å². The predicted octanol–water partition coefficient (Wildman–Crippen LogP) is 4.20. The van der Waals surface area contributed by atoms with Crippen molar-refractivity contribution >= 4 is 5.97 Å². The van der Waals surface area contributed by atoms with Gasteiger partial charge in [-0.3, -0.25) is 0 Å². The number of aliphatic hydroxyl groups is 5. The van der Waals surface area contributed by atoms with Gasteiger partial charge in [-0.15, -0.1) is 0 Å². The summed E-state index contributed by atoms with van der Waals surface area (Å²) in [5.41, 5.74) is 1.73. The molecule has 13 heteroatoms. The van der Waals surface area contributed by atoms with E-state index in [2.05, 4.69) is 0 Å². The number of aliphatic hydroxyl groups excluding tert-OH is 4. The molecular formula is C42H70O13. The van der Waals surface area contributed by atoms with Crippen molar-refractivity contribution in [1.82, 2.24) is 0 Å². The number of methoxy groups -OCH3 is 3. The molecule has 3 heterocycles. The highest BCUT2D eigenvalue weighted by atomic mass is 16.7. The fourth-order valence-corrected chi connectivity index (χ4v) is 8.23. The van der Waals surface area contributed by atoms with E-state index in [-0.39, 0.29) is 35.9 Å². The first-order valence-corrected chi connectivity index (χ1v) is 19.7. The van der Waals surface area contributed by atoms with Crippen LogP contribution in [0.25, 0.3) is 0 Å². The number of rotatable bonds is 10. The average molecular weight is 783 g/mol. The second-order valence-corrected chi connectivity index (χ2v) is 16.6. The Labute approximate surface area is 328 Å². The Morgan fingerprint density at radius 1 is 0.927 bits per heavy atom. The van der Waals surface area contributed by atoms with Crippen LogP contribution in [0.5, 0.6) is 0 Å². The van der Waals surface area contributed by atoms with Crippen LogP contribution < -0.4 is 0 Å². The number of cyclic esters (lactones) is 1. The summed E-state index contributed by atoms with van der Waals surface area (Å²) < 4.78 is 41.8. The number of hydrogen-bond acceptors (Lipinski definition) is 13. The second-order valence-electron chi connectivity index (χ2n) is 16.6. The fourth-order valence-electron chi connectivity index (χ4n) is 8.23. The first kappa shape index (κ1) is 47.2. The van der Waals surface area contributed by atoms with Gasteiger partial charge in [0.25, 0.3) is 0 Å². The maximum atomic E-state index is 13.8. The fraction of sp³-hybridized carbons (Fsp3) is 0.786. The van der Waals surface area contributed by atoms with Gasteiger partial charge in [-0.2, -0.15) is 0 Å². The number of allylic oxidation sites excluding steroid dienone is 5. The zero-order chi connectivity index (χ0) is 41.5. The maximum absolute atomic E-state index is 13.8. The lowest BCUT2D eigenvalue weighted by Gasteiger charge is -2.51. The van der Waals surface area contributed by atoms with Gasteiger partial charge in [-0.1, -0.05) is 83.9 Å². The van der Waals surface area contributed by atoms with Crippen LogP contribution in [0.4, 0.5) is 0 Å². The van der Waals surface area contributed by atoms with Crippen molar-refractivity contribution in [3.63, 3.8) is 0 Å². The van der Waals surface area contributed by atoms with Crippen LogP contribution in [0.15, 0.2) is 47.3 Å². The van der Waals surface area contributed by atoms with E-state index in [9.17, 15) is 30.3 Å². The lowest BCUT2D eigenvalue weighted by Crippen LogP contribution is -2.62. The first-order valence-electron chi connectivity index (χ1n) is 19.7. The van der Waals surface area contributed by atoms with Gasteiger partial charge in [-0.25, -0.2) is 4.79 Å². The zero-order valence-corrected chi connectivity index (χ0v) is 35.1. The van der Waals surface area contributed by atoms with Gasteiger partial charge in [0.1, 0.15) is 30.5 Å². The van der Waals surface area contributed by atoms with Crippen LogP contribution in [0.1, 0.15) is 82.1 Å². The smallest absolute Gasteiger partial charge is 0.373 e. The molecular weight excluding hydrogens is 712 g/mol. The molecule has 3 aliphatic heterocycles. The highest BCUT2D eigenvalue weighted by Gasteiger charge is 2.54. The van der Waals surface area contributed by atoms with E-state index in [1.165, 1.54) is 21.3 Å². The molecule has 0 aromatic carbocycles. The maximum Gasteiger partial charge on any atom is 0.373 e. The normalized spacial score (nSPS) is 40.4. The summed E-state index contributed by atoms with van der Waals surface area (Å²) in [6.07, 6.45) is -0.670. The number of hydrogen-bond donors (Lipinski definition) is 5. The van der Waals surface area contributed by atoms with Crippen molar-refractivity contribution < 1.29 is 63.5 Å². The molecule has 0 bridgehead atoms. The number of esters is 1. The van der Waals surface area contributed by atoms with E-state index < -0.39 is 90.9 Å². The van der Waals surface area contributed by atoms with Gasteiger partial charge in [0.05, 0.1) is 37.6 Å². The molecule has 0 amide bonds. The minimum Gasteiger partial charge on any atom is -0.490 e. The zero-order valence-electron chi connectivity index (χ0n) is 35.1. The van der Waals surface area contributed by atoms with E-state index in [4.69, 9.17) is 33.2 Å². The lowest BCUT2D eigenvalue weighted by molar-refractivity contribution is -0.362. The first-order chi connectivity index (χ1) is 25.7. The summed E-state index contributed by atoms with van der Waals surface area (Å²) in [6, 6.07) is 0. The van der Waals surface area contributed by atoms with Crippen LogP contribution in [-0.4, -0.2) is 126 Å². The molecule has 5 N–H and O–H groups in total. The van der Waals surface area contributed by atoms with Gasteiger partial charge >= 0.3 is 5.97 Å². The molecule has 0 aromatic rings.